The Morgan fingerprint density at radius 1 is 0.435 bits per heavy atom. The summed E-state index contributed by atoms with van der Waals surface area (Å²) in [5.41, 5.74) is 17.1. The van der Waals surface area contributed by atoms with Crippen LogP contribution >= 0.6 is 56.7 Å². The number of halogens is 3. The number of phosphoric ester groups is 1. The molecule has 18 N–H and O–H groups in total. The number of ether oxygens (including phenoxy) is 7. The summed E-state index contributed by atoms with van der Waals surface area (Å²) < 4.78 is 214. The van der Waals surface area contributed by atoms with Crippen molar-refractivity contribution in [1.29, 1.82) is 0 Å². The molecule has 0 aromatic carbocycles. The number of nitrogen functional groups attached to an aromatic ring is 3. The zero-order valence-corrected chi connectivity index (χ0v) is 78.2. The molecule has 9 saturated heterocycles. The highest BCUT2D eigenvalue weighted by molar-refractivity contribution is 8.44. The Hall–Kier alpha value is -8.96. The summed E-state index contributed by atoms with van der Waals surface area (Å²) in [5, 5.41) is 25.2. The number of aromatic amines is 3. The van der Waals surface area contributed by atoms with Gasteiger partial charge in [0.1, 0.15) is 102 Å². The van der Waals surface area contributed by atoms with Gasteiger partial charge >= 0.3 is 44.4 Å². The quantitative estimate of drug-likeness (QED) is 0.0662. The fourth-order valence-corrected chi connectivity index (χ4v) is 24.9. The molecule has 12 aromatic rings. The van der Waals surface area contributed by atoms with E-state index in [2.05, 4.69) is 112 Å². The highest BCUT2D eigenvalue weighted by atomic mass is 32.7. The van der Waals surface area contributed by atoms with E-state index in [9.17, 15) is 71.9 Å². The van der Waals surface area contributed by atoms with Crippen molar-refractivity contribution in [2.45, 2.75) is 162 Å². The minimum Gasteiger partial charge on any atom is -0.396 e. The van der Waals surface area contributed by atoms with Crippen molar-refractivity contribution in [2.24, 2.45) is 11.8 Å². The number of alkyl halides is 3. The number of fused-ring (bicyclic) bond motifs is 15. The molecule has 12 aromatic heterocycles. The molecule has 60 nitrogen and oxygen atoms in total. The molecule has 0 aliphatic carbocycles. The van der Waals surface area contributed by atoms with Crippen molar-refractivity contribution in [3.8, 4) is 0 Å². The number of aromatic nitrogens is 24. The van der Waals surface area contributed by atoms with Crippen LogP contribution in [0.5, 0.6) is 0 Å². The number of nitrogens with zero attached hydrogens (tertiary/aromatic N) is 21. The number of hydrogen-bond donors (Lipinski definition) is 16. The molecule has 0 amide bonds. The molecule has 9 fully saturated rings. The Balaban J connectivity index is 0.000000132. The van der Waals surface area contributed by atoms with E-state index in [0.717, 1.165) is 19.0 Å². The standard InChI is InChI=1S/C23H28FN9O11P2.2C22H27FN10O10P2S/c1-9-30-20-14(21(34)31-9)29-8-33(20)23-17-16(39-2)11(42-23)5-40-46(37,38)44-15-10(3-4-45(35,36)43-17)41-22(12(15)24)32-7-28-13-18(25)26-6-27-19(13)32;2*1-8-29-19-15(20(35)30-8)28-7-33(19)22-16-9(2-34)10(41-22)3-39-44(36,37)31-13-11(4-40-45(38,46)43-16)42-21(12(13)23)32-6-27-14-17(24)25-5-26-18(14)32/h6-8,10-12,15-17,22-23H,3-5H2,1-2H3,(H,35,36)(H,37,38)(H2,25,26,27)(H,30,31,34);2*5-7,9-13,16,21-22,34H,2-4H2,1H3,(H,38,46)(H2,24,25,26)(H,29,30,35)(H2,31,36,37). The van der Waals surface area contributed by atoms with Gasteiger partial charge in [0.15, 0.2) is 124 Å². The first kappa shape index (κ1) is 97.8. The molecule has 71 heteroatoms. The van der Waals surface area contributed by atoms with Crippen LogP contribution in [0, 0.1) is 32.6 Å². The Labute approximate surface area is 777 Å². The second kappa shape index (κ2) is 37.7. The van der Waals surface area contributed by atoms with E-state index in [1.54, 1.807) is 20.8 Å². The topological polar surface area (TPSA) is 798 Å². The maximum Gasteiger partial charge on any atom is 0.472 e. The number of phosphoric acid groups is 1. The molecule has 0 saturated carbocycles. The van der Waals surface area contributed by atoms with Gasteiger partial charge in [0.2, 0.25) is 0 Å². The van der Waals surface area contributed by atoms with Crippen LogP contribution in [0.1, 0.15) is 61.3 Å². The minimum atomic E-state index is -5.03. The van der Waals surface area contributed by atoms with Gasteiger partial charge in [0.25, 0.3) is 16.7 Å². The minimum absolute atomic E-state index is 0.0223. The van der Waals surface area contributed by atoms with Crippen molar-refractivity contribution >= 4 is 153 Å². The number of rotatable bonds is 9. The van der Waals surface area contributed by atoms with Crippen LogP contribution in [0.25, 0.3) is 67.0 Å². The predicted octanol–water partition coefficient (Wildman–Crippen LogP) is -0.107. The summed E-state index contributed by atoms with van der Waals surface area (Å²) in [4.78, 5) is 161. The molecular formula is C67H82F3N29O31P6S2. The molecule has 30 atom stereocenters. The van der Waals surface area contributed by atoms with Crippen molar-refractivity contribution < 1.29 is 145 Å². The fraction of sp³-hybridized carbons (Fsp3) is 0.552. The molecule has 21 rings (SSSR count). The Bertz CT molecular complexity index is 6540. The maximum atomic E-state index is 16.1. The normalized spacial score (nSPS) is 37.2. The van der Waals surface area contributed by atoms with E-state index >= 15 is 13.2 Å². The number of aryl methyl sites for hydroxylation is 3. The summed E-state index contributed by atoms with van der Waals surface area (Å²) in [7, 11) is -17.9. The molecule has 138 heavy (non-hydrogen) atoms. The molecule has 9 aliphatic heterocycles. The highest BCUT2D eigenvalue weighted by Gasteiger charge is 2.59. The number of hydrogen-bond acceptors (Lipinski definition) is 45. The van der Waals surface area contributed by atoms with E-state index in [4.69, 9.17) is 103 Å². The molecule has 21 heterocycles. The Kier molecular flexibility index (Phi) is 26.7. The van der Waals surface area contributed by atoms with Crippen LogP contribution in [0.15, 0.2) is 71.3 Å². The van der Waals surface area contributed by atoms with Gasteiger partial charge in [0, 0.05) is 18.9 Å². The third kappa shape index (κ3) is 18.9. The SMILES string of the molecule is COC1C2COP(=O)(O)OC3C(CCP(=O)(O)OC1C(n1cnc4c(=O)[nH]c(C)nc41)O2)OC(n1cnc2c(N)ncnc21)C3F.Cc1nc2c(ncn2C2OC3COP(=O)(O)NC4C(COP(=O)(S)OC2C3CO)OC(n2cnc3c(N)ncnc32)C4F)c(=O)[nH]1.Cc1nc2c(ncn2C2OC3COP(=O)(O)NC4C(COP(O)(=S)OC2C3CO)OC(n2cnc3c(N)ncnc32)C4F)c(=O)[nH]1. The number of imidazole rings is 6. The van der Waals surface area contributed by atoms with Crippen LogP contribution in [-0.2, 0) is 109 Å². The Morgan fingerprint density at radius 3 is 1.21 bits per heavy atom. The van der Waals surface area contributed by atoms with Gasteiger partial charge in [-0.25, -0.2) is 116 Å². The average Bonchev–Trinajstić information content (AvgIpc) is 1.55. The van der Waals surface area contributed by atoms with Gasteiger partial charge in [-0.1, -0.05) is 12.2 Å². The molecular weight excluding hydrogens is 2010 g/mol. The summed E-state index contributed by atoms with van der Waals surface area (Å²) in [6.45, 7) is -8.29. The third-order valence-electron chi connectivity index (χ3n) is 23.8. The molecule has 744 valence electrons. The number of nitrogens with two attached hydrogens (primary N) is 3. The number of anilines is 3. The van der Waals surface area contributed by atoms with E-state index < -0.39 is 260 Å². The number of nitrogens with one attached hydrogen (secondary N) is 5. The van der Waals surface area contributed by atoms with Gasteiger partial charge < -0.3 is 109 Å². The van der Waals surface area contributed by atoms with Gasteiger partial charge in [-0.05, 0) is 39.0 Å². The van der Waals surface area contributed by atoms with Crippen molar-refractivity contribution in [2.75, 3.05) is 76.7 Å². The maximum absolute atomic E-state index is 16.1. The van der Waals surface area contributed by atoms with E-state index in [1.807, 2.05) is 0 Å². The van der Waals surface area contributed by atoms with E-state index in [0.29, 0.717) is 0 Å². The van der Waals surface area contributed by atoms with Crippen molar-refractivity contribution in [3.05, 3.63) is 105 Å². The van der Waals surface area contributed by atoms with Crippen LogP contribution in [-0.4, -0.2) is 309 Å². The zero-order chi connectivity index (χ0) is 97.6. The first-order valence-electron chi connectivity index (χ1n) is 41.2. The molecule has 0 radical (unpaired) electrons. The summed E-state index contributed by atoms with van der Waals surface area (Å²) >= 11 is 9.42. The molecule has 6 bridgehead atoms. The second-order valence-corrected chi connectivity index (χ2v) is 44.6. The Morgan fingerprint density at radius 2 is 0.790 bits per heavy atom. The smallest absolute Gasteiger partial charge is 0.396 e. The summed E-state index contributed by atoms with van der Waals surface area (Å²) in [6, 6.07) is -3.08. The van der Waals surface area contributed by atoms with Gasteiger partial charge in [-0.3, -0.25) is 78.0 Å². The number of H-pyrrole nitrogens is 3. The number of aliphatic hydroxyl groups is 2. The predicted molar refractivity (Wildman–Crippen MR) is 463 cm³/mol. The zero-order valence-electron chi connectivity index (χ0n) is 71.1. The lowest BCUT2D eigenvalue weighted by Crippen LogP contribution is -2.43. The van der Waals surface area contributed by atoms with Gasteiger partial charge in [-0.15, -0.1) is 0 Å². The number of aliphatic hydroxyl groups excluding tert-OH is 2. The van der Waals surface area contributed by atoms with Gasteiger partial charge in [-0.2, -0.15) is 0 Å². The lowest BCUT2D eigenvalue weighted by Gasteiger charge is -2.28. The first-order valence-corrected chi connectivity index (χ1v) is 52.9. The van der Waals surface area contributed by atoms with Crippen LogP contribution in [0.4, 0.5) is 30.6 Å². The van der Waals surface area contributed by atoms with Gasteiger partial charge in [0.05, 0.1) is 121 Å². The molecule has 0 spiro atoms. The van der Waals surface area contributed by atoms with Crippen molar-refractivity contribution in [1.82, 2.24) is 127 Å². The first-order chi connectivity index (χ1) is 65.6. The lowest BCUT2D eigenvalue weighted by atomic mass is 9.99. The van der Waals surface area contributed by atoms with Crippen LogP contribution in [0.3, 0.4) is 0 Å². The average molecular weight is 2100 g/mol. The molecule has 9 aliphatic rings. The fourth-order valence-electron chi connectivity index (χ4n) is 17.5. The van der Waals surface area contributed by atoms with E-state index in [-0.39, 0.29) is 108 Å². The van der Waals surface area contributed by atoms with Crippen molar-refractivity contribution in [3.63, 3.8) is 0 Å². The number of methoxy groups -OCH3 is 1. The summed E-state index contributed by atoms with van der Waals surface area (Å²) in [5.74, 6) is -1.09. The second-order valence-electron chi connectivity index (χ2n) is 32.5. The third-order valence-corrected chi connectivity index (χ3v) is 31.6. The summed E-state index contributed by atoms with van der Waals surface area (Å²) in [6.07, 6.45) is -18.5. The number of thiol groups is 1. The lowest BCUT2D eigenvalue weighted by molar-refractivity contribution is -0.0579. The highest BCUT2D eigenvalue weighted by Crippen LogP contribution is 2.61. The van der Waals surface area contributed by atoms with E-state index in [1.165, 1.54) is 72.5 Å². The van der Waals surface area contributed by atoms with Crippen LogP contribution in [0.2, 0.25) is 0 Å². The molecule has 30 unspecified atom stereocenters. The monoisotopic (exact) mass is 2100 g/mol. The largest absolute Gasteiger partial charge is 0.472 e. The van der Waals surface area contributed by atoms with Crippen LogP contribution < -0.4 is 44.1 Å².